The molecule has 0 amide bonds. The van der Waals surface area contributed by atoms with E-state index in [2.05, 4.69) is 22.8 Å². The fraction of sp³-hybridized carbons (Fsp3) is 0.333. The highest BCUT2D eigenvalue weighted by atomic mass is 32.2. The van der Waals surface area contributed by atoms with Gasteiger partial charge in [0.15, 0.2) is 5.16 Å². The number of hydrogen-bond acceptors (Lipinski definition) is 3. The molecular weight excluding hydrogens is 254 g/mol. The Labute approximate surface area is 117 Å². The highest BCUT2D eigenvalue weighted by molar-refractivity contribution is 7.99. The van der Waals surface area contributed by atoms with E-state index < -0.39 is 0 Å². The second kappa shape index (κ2) is 5.50. The second-order valence-electron chi connectivity index (χ2n) is 4.61. The van der Waals surface area contributed by atoms with E-state index in [-0.39, 0.29) is 0 Å². The molecule has 96 valence electrons. The van der Waals surface area contributed by atoms with Crippen LogP contribution in [0.3, 0.4) is 0 Å². The van der Waals surface area contributed by atoms with Gasteiger partial charge in [-0.2, -0.15) is 5.26 Å². The van der Waals surface area contributed by atoms with Gasteiger partial charge < -0.3 is 0 Å². The van der Waals surface area contributed by atoms with Crippen LogP contribution in [0.2, 0.25) is 0 Å². The predicted molar refractivity (Wildman–Crippen MR) is 76.5 cm³/mol. The maximum Gasteiger partial charge on any atom is 0.174 e. The first-order chi connectivity index (χ1) is 9.40. The minimum Gasteiger partial charge on any atom is -0.292 e. The van der Waals surface area contributed by atoms with Gasteiger partial charge in [0, 0.05) is 11.4 Å². The third-order valence-electron chi connectivity index (χ3n) is 3.38. The average molecular weight is 269 g/mol. The lowest BCUT2D eigenvalue weighted by Gasteiger charge is -2.14. The highest BCUT2D eigenvalue weighted by Gasteiger charge is 2.20. The van der Waals surface area contributed by atoms with Gasteiger partial charge in [-0.05, 0) is 37.8 Å². The number of para-hydroxylation sites is 1. The van der Waals surface area contributed by atoms with E-state index in [4.69, 9.17) is 10.2 Å². The molecule has 0 saturated heterocycles. The summed E-state index contributed by atoms with van der Waals surface area (Å²) < 4.78 is 2.23. The molecule has 2 aromatic rings. The van der Waals surface area contributed by atoms with Crippen molar-refractivity contribution in [2.24, 2.45) is 0 Å². The van der Waals surface area contributed by atoms with E-state index >= 15 is 0 Å². The van der Waals surface area contributed by atoms with E-state index in [0.29, 0.717) is 5.75 Å². The van der Waals surface area contributed by atoms with Crippen molar-refractivity contribution < 1.29 is 0 Å². The minimum absolute atomic E-state index is 0.447. The van der Waals surface area contributed by atoms with Gasteiger partial charge in [0.25, 0.3) is 0 Å². The van der Waals surface area contributed by atoms with E-state index in [0.717, 1.165) is 23.7 Å². The van der Waals surface area contributed by atoms with Gasteiger partial charge in [-0.3, -0.25) is 4.57 Å². The van der Waals surface area contributed by atoms with Gasteiger partial charge in [0.2, 0.25) is 0 Å². The average Bonchev–Trinajstić information content (AvgIpc) is 2.84. The Balaban J connectivity index is 2.09. The van der Waals surface area contributed by atoms with E-state index in [1.54, 1.807) is 0 Å². The quantitative estimate of drug-likeness (QED) is 0.802. The number of hydrogen-bond donors (Lipinski definition) is 0. The molecule has 19 heavy (non-hydrogen) atoms. The van der Waals surface area contributed by atoms with Crippen molar-refractivity contribution in [2.45, 2.75) is 30.8 Å². The molecule has 1 aliphatic carbocycles. The van der Waals surface area contributed by atoms with Crippen molar-refractivity contribution in [3.63, 3.8) is 0 Å². The van der Waals surface area contributed by atoms with E-state index in [1.165, 1.54) is 36.0 Å². The van der Waals surface area contributed by atoms with E-state index in [9.17, 15) is 0 Å². The second-order valence-corrected chi connectivity index (χ2v) is 5.56. The maximum atomic E-state index is 8.78. The molecule has 4 heteroatoms. The molecular formula is C15H15N3S. The molecule has 1 aliphatic rings. The van der Waals surface area contributed by atoms with Crippen LogP contribution in [0, 0.1) is 11.3 Å². The van der Waals surface area contributed by atoms with Crippen LogP contribution < -0.4 is 0 Å². The number of rotatable bonds is 3. The molecule has 0 saturated carbocycles. The molecule has 0 atom stereocenters. The van der Waals surface area contributed by atoms with Gasteiger partial charge in [-0.15, -0.1) is 0 Å². The first kappa shape index (κ1) is 12.3. The first-order valence-electron chi connectivity index (χ1n) is 6.56. The number of fused-ring (bicyclic) bond motifs is 1. The molecule has 1 aromatic heterocycles. The zero-order valence-electron chi connectivity index (χ0n) is 10.7. The Kier molecular flexibility index (Phi) is 3.56. The number of aryl methyl sites for hydroxylation is 1. The zero-order chi connectivity index (χ0) is 13.1. The van der Waals surface area contributed by atoms with Crippen molar-refractivity contribution in [1.82, 2.24) is 9.55 Å². The molecule has 0 N–H and O–H groups in total. The lowest BCUT2D eigenvalue weighted by atomic mass is 10.0. The van der Waals surface area contributed by atoms with Crippen LogP contribution in [-0.2, 0) is 12.8 Å². The summed E-state index contributed by atoms with van der Waals surface area (Å²) in [6.45, 7) is 0. The van der Waals surface area contributed by atoms with Crippen molar-refractivity contribution in [3.8, 4) is 11.8 Å². The standard InChI is InChI=1S/C15H15N3S/c16-10-11-19-15-17-13-8-4-5-9-14(13)18(15)12-6-2-1-3-7-12/h1-3,6-7H,4-5,8-9,11H2. The van der Waals surface area contributed by atoms with Crippen LogP contribution in [0.25, 0.3) is 5.69 Å². The highest BCUT2D eigenvalue weighted by Crippen LogP contribution is 2.30. The normalized spacial score (nSPS) is 13.8. The Morgan fingerprint density at radius 3 is 2.79 bits per heavy atom. The summed E-state index contributed by atoms with van der Waals surface area (Å²) in [5, 5.41) is 9.74. The Morgan fingerprint density at radius 1 is 1.21 bits per heavy atom. The van der Waals surface area contributed by atoms with Gasteiger partial charge in [-0.25, -0.2) is 4.98 Å². The largest absolute Gasteiger partial charge is 0.292 e. The van der Waals surface area contributed by atoms with Crippen molar-refractivity contribution >= 4 is 11.8 Å². The van der Waals surface area contributed by atoms with Gasteiger partial charge in [0.1, 0.15) is 0 Å². The number of nitriles is 1. The van der Waals surface area contributed by atoms with Crippen LogP contribution in [0.15, 0.2) is 35.5 Å². The van der Waals surface area contributed by atoms with Gasteiger partial charge >= 0.3 is 0 Å². The first-order valence-corrected chi connectivity index (χ1v) is 7.54. The SMILES string of the molecule is N#CCSc1nc2c(n1-c1ccccc1)CCCC2. The topological polar surface area (TPSA) is 41.6 Å². The van der Waals surface area contributed by atoms with Gasteiger partial charge in [0.05, 0.1) is 17.5 Å². The summed E-state index contributed by atoms with van der Waals surface area (Å²) in [7, 11) is 0. The van der Waals surface area contributed by atoms with Gasteiger partial charge in [-0.1, -0.05) is 30.0 Å². The number of thioether (sulfide) groups is 1. The molecule has 1 heterocycles. The molecule has 1 aromatic carbocycles. The molecule has 0 fully saturated rings. The molecule has 0 bridgehead atoms. The van der Waals surface area contributed by atoms with Crippen molar-refractivity contribution in [1.29, 1.82) is 5.26 Å². The molecule has 0 spiro atoms. The molecule has 3 rings (SSSR count). The summed E-state index contributed by atoms with van der Waals surface area (Å²) in [5.41, 5.74) is 3.70. The summed E-state index contributed by atoms with van der Waals surface area (Å²) in [4.78, 5) is 4.74. The fourth-order valence-corrected chi connectivity index (χ4v) is 3.27. The van der Waals surface area contributed by atoms with Crippen LogP contribution in [0.5, 0.6) is 0 Å². The maximum absolute atomic E-state index is 8.78. The van der Waals surface area contributed by atoms with Crippen molar-refractivity contribution in [3.05, 3.63) is 41.7 Å². The molecule has 3 nitrogen and oxygen atoms in total. The number of benzene rings is 1. The third kappa shape index (κ3) is 2.39. The minimum atomic E-state index is 0.447. The van der Waals surface area contributed by atoms with Crippen LogP contribution >= 0.6 is 11.8 Å². The Morgan fingerprint density at radius 2 is 2.00 bits per heavy atom. The fourth-order valence-electron chi connectivity index (χ4n) is 2.55. The number of imidazole rings is 1. The molecule has 0 unspecified atom stereocenters. The number of aromatic nitrogens is 2. The molecule has 0 radical (unpaired) electrons. The van der Waals surface area contributed by atoms with Crippen LogP contribution in [0.1, 0.15) is 24.2 Å². The zero-order valence-corrected chi connectivity index (χ0v) is 11.5. The van der Waals surface area contributed by atoms with Crippen molar-refractivity contribution in [2.75, 3.05) is 5.75 Å². The molecule has 0 aliphatic heterocycles. The monoisotopic (exact) mass is 269 g/mol. The third-order valence-corrected chi connectivity index (χ3v) is 4.19. The number of nitrogens with zero attached hydrogens (tertiary/aromatic N) is 3. The van der Waals surface area contributed by atoms with E-state index in [1.807, 2.05) is 18.2 Å². The van der Waals surface area contributed by atoms with Crippen LogP contribution in [-0.4, -0.2) is 15.3 Å². The predicted octanol–water partition coefficient (Wildman–Crippen LogP) is 3.37. The summed E-state index contributed by atoms with van der Waals surface area (Å²) >= 11 is 1.53. The summed E-state index contributed by atoms with van der Waals surface area (Å²) in [6.07, 6.45) is 4.61. The smallest absolute Gasteiger partial charge is 0.174 e. The lowest BCUT2D eigenvalue weighted by molar-refractivity contribution is 0.654. The lowest BCUT2D eigenvalue weighted by Crippen LogP contribution is -2.07. The summed E-state index contributed by atoms with van der Waals surface area (Å²) in [6, 6.07) is 12.5. The Bertz CT molecular complexity index is 610. The summed E-state index contributed by atoms with van der Waals surface area (Å²) in [5.74, 6) is 0.447. The Hall–Kier alpha value is -1.73. The van der Waals surface area contributed by atoms with Crippen LogP contribution in [0.4, 0.5) is 0 Å².